The maximum Gasteiger partial charge on any atom is 0.324 e. The van der Waals surface area contributed by atoms with Crippen molar-refractivity contribution < 1.29 is 14.4 Å². The molecule has 2 N–H and O–H groups in total. The number of carbonyl (C=O) groups excluding carboxylic acids is 3. The molecule has 1 fully saturated rings. The number of rotatable bonds is 5. The smallest absolute Gasteiger partial charge is 0.324 e. The van der Waals surface area contributed by atoms with Crippen LogP contribution in [0.25, 0.3) is 0 Å². The van der Waals surface area contributed by atoms with Crippen LogP contribution >= 0.6 is 15.9 Å². The molecule has 1 saturated heterocycles. The van der Waals surface area contributed by atoms with Gasteiger partial charge in [0.1, 0.15) is 0 Å². The van der Waals surface area contributed by atoms with E-state index < -0.39 is 11.4 Å². The van der Waals surface area contributed by atoms with E-state index in [9.17, 15) is 14.4 Å². The minimum atomic E-state index is -0.707. The van der Waals surface area contributed by atoms with E-state index in [1.165, 1.54) is 0 Å². The fraction of sp³-hybridized carbons (Fsp3) is 0.400. The summed E-state index contributed by atoms with van der Waals surface area (Å²) < 4.78 is 0.908. The first-order chi connectivity index (χ1) is 10.3. The van der Waals surface area contributed by atoms with Crippen LogP contribution in [0, 0.1) is 0 Å². The van der Waals surface area contributed by atoms with Crippen molar-refractivity contribution in [3.63, 3.8) is 0 Å². The summed E-state index contributed by atoms with van der Waals surface area (Å²) in [5.41, 5.74) is 0.176. The largest absolute Gasteiger partial charge is 0.354 e. The molecule has 118 valence electrons. The van der Waals surface area contributed by atoms with Crippen LogP contribution < -0.4 is 10.6 Å². The molecule has 6 nitrogen and oxygen atoms in total. The topological polar surface area (TPSA) is 78.5 Å². The molecule has 22 heavy (non-hydrogen) atoms. The van der Waals surface area contributed by atoms with E-state index in [-0.39, 0.29) is 31.4 Å². The molecule has 0 radical (unpaired) electrons. The lowest BCUT2D eigenvalue weighted by molar-refractivity contribution is -0.127. The second kappa shape index (κ2) is 6.48. The average Bonchev–Trinajstić information content (AvgIpc) is 2.78. The van der Waals surface area contributed by atoms with E-state index in [1.807, 2.05) is 38.1 Å². The normalized spacial score (nSPS) is 15.0. The molecule has 4 amide bonds. The predicted octanol–water partition coefficient (Wildman–Crippen LogP) is 1.39. The van der Waals surface area contributed by atoms with Gasteiger partial charge in [0.25, 0.3) is 0 Å². The van der Waals surface area contributed by atoms with Gasteiger partial charge in [0, 0.05) is 17.6 Å². The lowest BCUT2D eigenvalue weighted by Crippen LogP contribution is -2.44. The Kier molecular flexibility index (Phi) is 4.85. The molecule has 1 aliphatic heterocycles. The number of urea groups is 1. The number of amides is 4. The van der Waals surface area contributed by atoms with Crippen LogP contribution in [0.1, 0.15) is 19.4 Å². The van der Waals surface area contributed by atoms with E-state index in [2.05, 4.69) is 26.6 Å². The molecule has 7 heteroatoms. The Morgan fingerprint density at radius 3 is 2.73 bits per heavy atom. The second-order valence-electron chi connectivity index (χ2n) is 5.60. The predicted molar refractivity (Wildman–Crippen MR) is 85.3 cm³/mol. The molecule has 0 saturated carbocycles. The van der Waals surface area contributed by atoms with Crippen LogP contribution in [0.4, 0.5) is 4.79 Å². The first kappa shape index (κ1) is 16.5. The molecule has 2 rings (SSSR count). The Balaban J connectivity index is 1.94. The van der Waals surface area contributed by atoms with Crippen molar-refractivity contribution >= 4 is 33.8 Å². The zero-order chi connectivity index (χ0) is 16.3. The van der Waals surface area contributed by atoms with Gasteiger partial charge in [0.2, 0.25) is 11.8 Å². The molecule has 1 aliphatic rings. The highest BCUT2D eigenvalue weighted by Crippen LogP contribution is 2.25. The van der Waals surface area contributed by atoms with Gasteiger partial charge in [-0.3, -0.25) is 14.5 Å². The quantitative estimate of drug-likeness (QED) is 0.772. The maximum absolute atomic E-state index is 12.4. The minimum absolute atomic E-state index is 0.0241. The fourth-order valence-electron chi connectivity index (χ4n) is 2.19. The van der Waals surface area contributed by atoms with E-state index in [0.717, 1.165) is 14.9 Å². The van der Waals surface area contributed by atoms with Crippen molar-refractivity contribution in [3.8, 4) is 0 Å². The highest BCUT2D eigenvalue weighted by atomic mass is 79.9. The highest BCUT2D eigenvalue weighted by Gasteiger charge is 2.31. The van der Waals surface area contributed by atoms with Gasteiger partial charge in [0.05, 0.1) is 12.0 Å². The molecule has 0 aromatic heterocycles. The van der Waals surface area contributed by atoms with E-state index in [4.69, 9.17) is 0 Å². The molecule has 0 unspecified atom stereocenters. The van der Waals surface area contributed by atoms with Gasteiger partial charge < -0.3 is 10.6 Å². The summed E-state index contributed by atoms with van der Waals surface area (Å²) in [5, 5.41) is 5.22. The average molecular weight is 368 g/mol. The molecular formula is C15H18BrN3O3. The van der Waals surface area contributed by atoms with Crippen molar-refractivity contribution in [1.82, 2.24) is 15.5 Å². The number of hydrogen-bond acceptors (Lipinski definition) is 3. The van der Waals surface area contributed by atoms with Crippen LogP contribution in [-0.2, 0) is 15.0 Å². The molecule has 1 aromatic carbocycles. The van der Waals surface area contributed by atoms with Gasteiger partial charge in [-0.05, 0) is 31.5 Å². The lowest BCUT2D eigenvalue weighted by atomic mass is 9.84. The molecule has 0 atom stereocenters. The Morgan fingerprint density at radius 2 is 2.14 bits per heavy atom. The second-order valence-corrected chi connectivity index (χ2v) is 6.51. The summed E-state index contributed by atoms with van der Waals surface area (Å²) in [5.74, 6) is -0.428. The van der Waals surface area contributed by atoms with Crippen molar-refractivity contribution in [3.05, 3.63) is 34.3 Å². The Morgan fingerprint density at radius 1 is 1.41 bits per heavy atom. The first-order valence-electron chi connectivity index (χ1n) is 6.95. The number of benzene rings is 1. The van der Waals surface area contributed by atoms with Crippen molar-refractivity contribution in [2.24, 2.45) is 0 Å². The standard InChI is InChI=1S/C15H18BrN3O3/c1-15(2,10-4-3-5-11(16)8-10)13(21)17-6-7-19-12(20)9-18-14(19)22/h3-5,8H,6-7,9H2,1-2H3,(H,17,21)(H,18,22). The van der Waals surface area contributed by atoms with Crippen LogP contribution in [-0.4, -0.2) is 42.4 Å². The Bertz CT molecular complexity index is 600. The van der Waals surface area contributed by atoms with Gasteiger partial charge in [-0.2, -0.15) is 0 Å². The number of nitrogens with one attached hydrogen (secondary N) is 2. The van der Waals surface area contributed by atoms with Crippen LogP contribution in [0.2, 0.25) is 0 Å². The molecule has 1 heterocycles. The Hall–Kier alpha value is -1.89. The number of imide groups is 1. The van der Waals surface area contributed by atoms with Gasteiger partial charge in [-0.25, -0.2) is 4.79 Å². The zero-order valence-corrected chi connectivity index (χ0v) is 14.1. The van der Waals surface area contributed by atoms with Gasteiger partial charge in [-0.1, -0.05) is 28.1 Å². The van der Waals surface area contributed by atoms with Crippen molar-refractivity contribution in [2.45, 2.75) is 19.3 Å². The Labute approximate surface area is 137 Å². The summed E-state index contributed by atoms with van der Waals surface area (Å²) in [4.78, 5) is 36.3. The van der Waals surface area contributed by atoms with Crippen LogP contribution in [0.15, 0.2) is 28.7 Å². The third kappa shape index (κ3) is 3.47. The number of carbonyl (C=O) groups is 3. The fourth-order valence-corrected chi connectivity index (χ4v) is 2.59. The summed E-state index contributed by atoms with van der Waals surface area (Å²) >= 11 is 3.39. The first-order valence-corrected chi connectivity index (χ1v) is 7.74. The third-order valence-electron chi connectivity index (χ3n) is 3.67. The van der Waals surface area contributed by atoms with Gasteiger partial charge >= 0.3 is 6.03 Å². The third-order valence-corrected chi connectivity index (χ3v) is 4.17. The van der Waals surface area contributed by atoms with Crippen molar-refractivity contribution in [2.75, 3.05) is 19.6 Å². The van der Waals surface area contributed by atoms with Gasteiger partial charge in [-0.15, -0.1) is 0 Å². The van der Waals surface area contributed by atoms with Crippen LogP contribution in [0.5, 0.6) is 0 Å². The molecule has 0 bridgehead atoms. The number of nitrogens with zero attached hydrogens (tertiary/aromatic N) is 1. The lowest BCUT2D eigenvalue weighted by Gasteiger charge is -2.25. The SMILES string of the molecule is CC(C)(C(=O)NCCN1C(=O)CNC1=O)c1cccc(Br)c1. The number of halogens is 1. The maximum atomic E-state index is 12.4. The summed E-state index contributed by atoms with van der Waals surface area (Å²) in [6.07, 6.45) is 0. The molecule has 0 spiro atoms. The highest BCUT2D eigenvalue weighted by molar-refractivity contribution is 9.10. The van der Waals surface area contributed by atoms with Crippen LogP contribution in [0.3, 0.4) is 0 Å². The monoisotopic (exact) mass is 367 g/mol. The minimum Gasteiger partial charge on any atom is -0.354 e. The molecule has 0 aliphatic carbocycles. The molecular weight excluding hydrogens is 350 g/mol. The summed E-state index contributed by atoms with van der Waals surface area (Å²) in [7, 11) is 0. The van der Waals surface area contributed by atoms with Crippen molar-refractivity contribution in [1.29, 1.82) is 0 Å². The van der Waals surface area contributed by atoms with E-state index in [1.54, 1.807) is 0 Å². The zero-order valence-electron chi connectivity index (χ0n) is 12.5. The summed E-state index contributed by atoms with van der Waals surface area (Å²) in [6, 6.07) is 7.15. The van der Waals surface area contributed by atoms with E-state index in [0.29, 0.717) is 0 Å². The summed E-state index contributed by atoms with van der Waals surface area (Å²) in [6.45, 7) is 4.09. The number of hydrogen-bond donors (Lipinski definition) is 2. The van der Waals surface area contributed by atoms with Gasteiger partial charge in [0.15, 0.2) is 0 Å². The van der Waals surface area contributed by atoms with E-state index >= 15 is 0 Å². The molecule has 1 aromatic rings.